The highest BCUT2D eigenvalue weighted by molar-refractivity contribution is 7.14. The Hall–Kier alpha value is -3.43. The molecular formula is C33H37N3O5S. The summed E-state index contributed by atoms with van der Waals surface area (Å²) in [4.78, 5) is 34.2. The summed E-state index contributed by atoms with van der Waals surface area (Å²) in [5.74, 6) is 0.365. The van der Waals surface area contributed by atoms with E-state index in [0.29, 0.717) is 25.3 Å². The average molecular weight is 588 g/mol. The Morgan fingerprint density at radius 3 is 2.43 bits per heavy atom. The lowest BCUT2D eigenvalue weighted by atomic mass is 9.85. The number of likely N-dealkylation sites (tertiary alicyclic amines) is 1. The third-order valence-corrected chi connectivity index (χ3v) is 10.5. The van der Waals surface area contributed by atoms with Crippen LogP contribution in [0.5, 0.6) is 5.75 Å². The summed E-state index contributed by atoms with van der Waals surface area (Å²) in [6.07, 6.45) is 4.40. The first-order valence-electron chi connectivity index (χ1n) is 15.0. The Balaban J connectivity index is 1.05. The summed E-state index contributed by atoms with van der Waals surface area (Å²) in [6, 6.07) is 12.0. The largest absolute Gasteiger partial charge is 0.488 e. The minimum atomic E-state index is -0.649. The van der Waals surface area contributed by atoms with Crippen molar-refractivity contribution in [2.45, 2.75) is 58.3 Å². The summed E-state index contributed by atoms with van der Waals surface area (Å²) in [5.41, 5.74) is 5.73. The van der Waals surface area contributed by atoms with E-state index in [0.717, 1.165) is 77.6 Å². The van der Waals surface area contributed by atoms with Gasteiger partial charge in [-0.25, -0.2) is 4.98 Å². The highest BCUT2D eigenvalue weighted by Crippen LogP contribution is 2.44. The van der Waals surface area contributed by atoms with E-state index in [1.165, 1.54) is 0 Å². The molecule has 5 atom stereocenters. The first kappa shape index (κ1) is 27.4. The number of carboxylic acid groups (broad SMARTS) is 1. The Labute approximate surface area is 250 Å². The second kappa shape index (κ2) is 11.0. The molecule has 1 saturated carbocycles. The summed E-state index contributed by atoms with van der Waals surface area (Å²) >= 11 is 1.61. The Morgan fingerprint density at radius 1 is 1.00 bits per heavy atom. The third kappa shape index (κ3) is 5.17. The number of benzene rings is 2. The lowest BCUT2D eigenvalue weighted by Gasteiger charge is -2.35. The quantitative estimate of drug-likeness (QED) is 0.387. The van der Waals surface area contributed by atoms with Crippen molar-refractivity contribution in [3.63, 3.8) is 0 Å². The van der Waals surface area contributed by atoms with Crippen LogP contribution in [0.1, 0.15) is 52.7 Å². The normalized spacial score (nSPS) is 26.5. The Bertz CT molecular complexity index is 1500. The molecule has 4 heterocycles. The molecule has 220 valence electrons. The van der Waals surface area contributed by atoms with E-state index >= 15 is 0 Å². The van der Waals surface area contributed by atoms with Gasteiger partial charge in [0.05, 0.1) is 23.8 Å². The van der Waals surface area contributed by atoms with Crippen LogP contribution in [0.3, 0.4) is 0 Å². The second-order valence-electron chi connectivity index (χ2n) is 12.5. The molecule has 1 aliphatic carbocycles. The molecule has 1 aromatic heterocycles. The fourth-order valence-corrected chi connectivity index (χ4v) is 8.24. The monoisotopic (exact) mass is 587 g/mol. The van der Waals surface area contributed by atoms with Gasteiger partial charge in [0.15, 0.2) is 5.13 Å². The first-order valence-corrected chi connectivity index (χ1v) is 15.9. The number of hydrogen-bond acceptors (Lipinski definition) is 7. The van der Waals surface area contributed by atoms with Crippen molar-refractivity contribution in [1.82, 2.24) is 9.88 Å². The molecule has 1 N–H and O–H groups in total. The summed E-state index contributed by atoms with van der Waals surface area (Å²) < 4.78 is 12.3. The number of thiazole rings is 1. The van der Waals surface area contributed by atoms with Crippen molar-refractivity contribution in [3.05, 3.63) is 64.0 Å². The molecule has 3 aliphatic heterocycles. The average Bonchev–Trinajstić information content (AvgIpc) is 3.68. The van der Waals surface area contributed by atoms with E-state index in [1.807, 2.05) is 42.2 Å². The van der Waals surface area contributed by atoms with Crippen molar-refractivity contribution in [2.24, 2.45) is 17.8 Å². The summed E-state index contributed by atoms with van der Waals surface area (Å²) in [5, 5.41) is 12.7. The molecule has 8 nitrogen and oxygen atoms in total. The number of aromatic nitrogens is 1. The Kier molecular flexibility index (Phi) is 7.18. The van der Waals surface area contributed by atoms with Crippen LogP contribution >= 0.6 is 11.3 Å². The van der Waals surface area contributed by atoms with Crippen LogP contribution in [0.2, 0.25) is 0 Å². The van der Waals surface area contributed by atoms with Crippen LogP contribution in [-0.4, -0.2) is 65.3 Å². The predicted molar refractivity (Wildman–Crippen MR) is 161 cm³/mol. The van der Waals surface area contributed by atoms with Crippen molar-refractivity contribution in [1.29, 1.82) is 0 Å². The van der Waals surface area contributed by atoms with Crippen molar-refractivity contribution in [2.75, 3.05) is 31.1 Å². The summed E-state index contributed by atoms with van der Waals surface area (Å²) in [6.45, 7) is 7.34. The second-order valence-corrected chi connectivity index (χ2v) is 13.3. The van der Waals surface area contributed by atoms with Gasteiger partial charge in [-0.1, -0.05) is 17.7 Å². The number of carbonyl (C=O) groups excluding carboxylic acids is 1. The van der Waals surface area contributed by atoms with Gasteiger partial charge in [-0.05, 0) is 86.8 Å². The molecule has 0 radical (unpaired) electrons. The number of carboxylic acids is 1. The zero-order valence-corrected chi connectivity index (χ0v) is 24.9. The number of carbonyl (C=O) groups is 2. The number of morpholine rings is 1. The number of piperidine rings is 1. The molecule has 7 rings (SSSR count). The smallest absolute Gasteiger partial charge is 0.307 e. The number of anilines is 1. The van der Waals surface area contributed by atoms with Gasteiger partial charge in [0.2, 0.25) is 0 Å². The van der Waals surface area contributed by atoms with Crippen LogP contribution in [0, 0.1) is 31.6 Å². The zero-order valence-electron chi connectivity index (χ0n) is 24.1. The molecule has 3 aromatic rings. The molecule has 3 saturated heterocycles. The van der Waals surface area contributed by atoms with Gasteiger partial charge in [-0.3, -0.25) is 9.59 Å². The maximum atomic E-state index is 13.2. The molecule has 4 aliphatic rings. The van der Waals surface area contributed by atoms with Crippen molar-refractivity contribution < 1.29 is 24.2 Å². The standard InChI is InChI=1S/C33H37N3O5S/c1-19-3-10-29(27(11-19)28-18-42-33(34-28)36-13-22-5-6-23(14-36)30(22)32(38)39)40-17-24-7-4-21(12-20(24)2)31(37)35-15-25-8-9-26(16-35)41-25/h3-4,7,10-12,18,22-23,25-26,30H,5-6,8-9,13-17H2,1-2H3,(H,38,39)/t22-,23?,25-,26+,30?/m1/s1. The van der Waals surface area contributed by atoms with Gasteiger partial charge in [-0.2, -0.15) is 0 Å². The minimum Gasteiger partial charge on any atom is -0.488 e. The molecular weight excluding hydrogens is 550 g/mol. The fraction of sp³-hybridized carbons (Fsp3) is 0.485. The maximum absolute atomic E-state index is 13.2. The van der Waals surface area contributed by atoms with E-state index in [9.17, 15) is 14.7 Å². The van der Waals surface area contributed by atoms with Crippen LogP contribution in [0.25, 0.3) is 11.3 Å². The topological polar surface area (TPSA) is 92.2 Å². The molecule has 42 heavy (non-hydrogen) atoms. The molecule has 0 spiro atoms. The number of aryl methyl sites for hydroxylation is 2. The highest BCUT2D eigenvalue weighted by Gasteiger charge is 2.46. The van der Waals surface area contributed by atoms with Crippen LogP contribution < -0.4 is 9.64 Å². The predicted octanol–water partition coefficient (Wildman–Crippen LogP) is 5.56. The number of ether oxygens (including phenoxy) is 2. The number of nitrogens with zero attached hydrogens (tertiary/aromatic N) is 3. The van der Waals surface area contributed by atoms with E-state index in [1.54, 1.807) is 11.3 Å². The van der Waals surface area contributed by atoms with E-state index in [2.05, 4.69) is 23.3 Å². The zero-order chi connectivity index (χ0) is 29.0. The van der Waals surface area contributed by atoms with Gasteiger partial charge < -0.3 is 24.4 Å². The van der Waals surface area contributed by atoms with Gasteiger partial charge in [0.1, 0.15) is 12.4 Å². The maximum Gasteiger partial charge on any atom is 0.307 e. The molecule has 4 fully saturated rings. The lowest BCUT2D eigenvalue weighted by molar-refractivity contribution is -0.144. The molecule has 4 bridgehead atoms. The molecule has 2 unspecified atom stereocenters. The van der Waals surface area contributed by atoms with Crippen molar-refractivity contribution in [3.8, 4) is 17.0 Å². The molecule has 2 aromatic carbocycles. The van der Waals surface area contributed by atoms with Gasteiger partial charge in [-0.15, -0.1) is 11.3 Å². The number of fused-ring (bicyclic) bond motifs is 4. The van der Waals surface area contributed by atoms with Crippen LogP contribution in [-0.2, 0) is 16.1 Å². The van der Waals surface area contributed by atoms with Gasteiger partial charge >= 0.3 is 5.97 Å². The van der Waals surface area contributed by atoms with Gasteiger partial charge in [0, 0.05) is 42.7 Å². The van der Waals surface area contributed by atoms with E-state index in [4.69, 9.17) is 14.5 Å². The minimum absolute atomic E-state index is 0.0751. The molecule has 9 heteroatoms. The molecule has 1 amide bonds. The van der Waals surface area contributed by atoms with Crippen LogP contribution in [0.4, 0.5) is 5.13 Å². The SMILES string of the molecule is Cc1ccc(OCc2ccc(C(=O)N3C[C@H]4CC[C@@H](C3)O4)cc2C)c(-c2csc(N3CC4CC[C@H](C3)C4C(=O)O)n2)c1. The number of hydrogen-bond donors (Lipinski definition) is 1. The van der Waals surface area contributed by atoms with Gasteiger partial charge in [0.25, 0.3) is 5.91 Å². The van der Waals surface area contributed by atoms with Crippen LogP contribution in [0.15, 0.2) is 41.8 Å². The Morgan fingerprint density at radius 2 is 1.74 bits per heavy atom. The third-order valence-electron chi connectivity index (χ3n) is 9.60. The van der Waals surface area contributed by atoms with E-state index < -0.39 is 5.97 Å². The number of rotatable bonds is 7. The number of amides is 1. The first-order chi connectivity index (χ1) is 20.3. The summed E-state index contributed by atoms with van der Waals surface area (Å²) in [7, 11) is 0. The number of aliphatic carboxylic acids is 1. The lowest BCUT2D eigenvalue weighted by Crippen LogP contribution is -2.45. The highest BCUT2D eigenvalue weighted by atomic mass is 32.1. The van der Waals surface area contributed by atoms with Crippen molar-refractivity contribution >= 4 is 28.3 Å². The van der Waals surface area contributed by atoms with E-state index in [-0.39, 0.29) is 35.9 Å². The fourth-order valence-electron chi connectivity index (χ4n) is 7.39.